The van der Waals surface area contributed by atoms with E-state index in [-0.39, 0.29) is 19.6 Å². The van der Waals surface area contributed by atoms with E-state index >= 15 is 0 Å². The highest BCUT2D eigenvalue weighted by Crippen LogP contribution is 2.27. The van der Waals surface area contributed by atoms with Gasteiger partial charge in [0, 0.05) is 18.0 Å². The highest BCUT2D eigenvalue weighted by molar-refractivity contribution is 6.30. The Bertz CT molecular complexity index is 780. The van der Waals surface area contributed by atoms with E-state index in [2.05, 4.69) is 10.6 Å². The normalized spacial score (nSPS) is 21.1. The van der Waals surface area contributed by atoms with Crippen LogP contribution in [0.1, 0.15) is 38.8 Å². The molecule has 1 heterocycles. The van der Waals surface area contributed by atoms with Gasteiger partial charge in [-0.25, -0.2) is 4.79 Å². The van der Waals surface area contributed by atoms with E-state index in [0.717, 1.165) is 0 Å². The number of amides is 3. The number of benzene rings is 1. The summed E-state index contributed by atoms with van der Waals surface area (Å²) in [5.74, 6) is -1.13. The second-order valence-electron chi connectivity index (χ2n) is 8.44. The number of carbonyl (C=O) groups is 3. The molecule has 1 aliphatic heterocycles. The molecule has 0 aliphatic carbocycles. The number of aliphatic hydroxyl groups is 2. The van der Waals surface area contributed by atoms with Crippen LogP contribution < -0.4 is 10.6 Å². The summed E-state index contributed by atoms with van der Waals surface area (Å²) in [5.41, 5.74) is -0.118. The van der Waals surface area contributed by atoms with Crippen molar-refractivity contribution in [3.8, 4) is 0 Å². The minimum absolute atomic E-state index is 0.0142. The van der Waals surface area contributed by atoms with Gasteiger partial charge in [-0.2, -0.15) is 0 Å². The molecule has 3 amide bonds. The third-order valence-electron chi connectivity index (χ3n) is 5.02. The van der Waals surface area contributed by atoms with Crippen LogP contribution in [0.15, 0.2) is 24.3 Å². The zero-order valence-electron chi connectivity index (χ0n) is 17.1. The van der Waals surface area contributed by atoms with Gasteiger partial charge < -0.3 is 30.9 Å². The minimum Gasteiger partial charge on any atom is -0.465 e. The summed E-state index contributed by atoms with van der Waals surface area (Å²) in [5, 5.41) is 34.3. The van der Waals surface area contributed by atoms with Crippen LogP contribution in [-0.4, -0.2) is 69.5 Å². The molecule has 1 aromatic carbocycles. The first-order chi connectivity index (χ1) is 13.9. The third kappa shape index (κ3) is 5.84. The van der Waals surface area contributed by atoms with Crippen LogP contribution in [0.5, 0.6) is 0 Å². The fraction of sp³-hybridized carbons (Fsp3) is 0.550. The van der Waals surface area contributed by atoms with Gasteiger partial charge in [-0.3, -0.25) is 9.59 Å². The van der Waals surface area contributed by atoms with Crippen LogP contribution in [0.4, 0.5) is 4.79 Å². The van der Waals surface area contributed by atoms with Crippen LogP contribution in [0, 0.1) is 5.41 Å². The van der Waals surface area contributed by atoms with E-state index in [9.17, 15) is 24.6 Å². The molecule has 0 saturated carbocycles. The van der Waals surface area contributed by atoms with Gasteiger partial charge in [0.25, 0.3) is 0 Å². The Morgan fingerprint density at radius 2 is 1.80 bits per heavy atom. The molecule has 1 fully saturated rings. The van der Waals surface area contributed by atoms with E-state index in [1.165, 1.54) is 4.90 Å². The molecule has 2 rings (SSSR count). The summed E-state index contributed by atoms with van der Waals surface area (Å²) < 4.78 is 0. The first kappa shape index (κ1) is 23.9. The first-order valence-corrected chi connectivity index (χ1v) is 9.96. The van der Waals surface area contributed by atoms with Gasteiger partial charge in [-0.15, -0.1) is 0 Å². The van der Waals surface area contributed by atoms with Gasteiger partial charge in [-0.05, 0) is 23.1 Å². The van der Waals surface area contributed by atoms with Gasteiger partial charge >= 0.3 is 6.09 Å². The highest BCUT2D eigenvalue weighted by atomic mass is 35.5. The van der Waals surface area contributed by atoms with Crippen molar-refractivity contribution in [1.82, 2.24) is 15.5 Å². The number of hydrogen-bond acceptors (Lipinski definition) is 5. The summed E-state index contributed by atoms with van der Waals surface area (Å²) in [6.45, 7) is 4.65. The summed E-state index contributed by atoms with van der Waals surface area (Å²) in [6, 6.07) is 3.79. The number of nitrogens with zero attached hydrogens (tertiary/aromatic N) is 1. The largest absolute Gasteiger partial charge is 0.465 e. The number of carboxylic acid groups (broad SMARTS) is 1. The zero-order chi connectivity index (χ0) is 22.6. The summed E-state index contributed by atoms with van der Waals surface area (Å²) in [7, 11) is 0. The molecule has 30 heavy (non-hydrogen) atoms. The quantitative estimate of drug-likeness (QED) is 0.448. The third-order valence-corrected chi connectivity index (χ3v) is 5.27. The number of hydrogen-bond donors (Lipinski definition) is 5. The van der Waals surface area contributed by atoms with Crippen molar-refractivity contribution in [1.29, 1.82) is 0 Å². The fourth-order valence-electron chi connectivity index (χ4n) is 3.44. The van der Waals surface area contributed by atoms with Crippen LogP contribution >= 0.6 is 11.6 Å². The lowest BCUT2D eigenvalue weighted by molar-refractivity contribution is -0.142. The lowest BCUT2D eigenvalue weighted by Gasteiger charge is -2.35. The van der Waals surface area contributed by atoms with Crippen molar-refractivity contribution in [2.24, 2.45) is 5.41 Å². The van der Waals surface area contributed by atoms with E-state index in [0.29, 0.717) is 10.6 Å². The van der Waals surface area contributed by atoms with Gasteiger partial charge in [0.05, 0.1) is 18.8 Å². The lowest BCUT2D eigenvalue weighted by Crippen LogP contribution is -2.57. The Hall–Kier alpha value is -2.36. The molecule has 5 N–H and O–H groups in total. The monoisotopic (exact) mass is 441 g/mol. The smallest absolute Gasteiger partial charge is 0.405 e. The Morgan fingerprint density at radius 3 is 2.30 bits per heavy atom. The molecule has 0 spiro atoms. The highest BCUT2D eigenvalue weighted by Gasteiger charge is 2.44. The van der Waals surface area contributed by atoms with Crippen LogP contribution in [-0.2, 0) is 9.59 Å². The minimum atomic E-state index is -1.35. The maximum absolute atomic E-state index is 13.1. The maximum atomic E-state index is 13.1. The fourth-order valence-corrected chi connectivity index (χ4v) is 3.57. The summed E-state index contributed by atoms with van der Waals surface area (Å²) in [6.07, 6.45) is -2.26. The molecule has 9 nitrogen and oxygen atoms in total. The Balaban J connectivity index is 2.21. The predicted molar refractivity (Wildman–Crippen MR) is 110 cm³/mol. The number of carbonyl (C=O) groups excluding carboxylic acids is 2. The SMILES string of the molecule is CC(C)(C)[C@H](NC(=O)O)C(=O)N1C[C@H](O)C[C@H]1C(=O)N[C@@H](CO)c1ccc(Cl)cc1. The molecular formula is C20H28ClN3O6. The first-order valence-electron chi connectivity index (χ1n) is 9.58. The number of nitrogens with one attached hydrogen (secondary N) is 2. The van der Waals surface area contributed by atoms with Crippen molar-refractivity contribution < 1.29 is 29.7 Å². The average Bonchev–Trinajstić information content (AvgIpc) is 3.05. The molecule has 4 atom stereocenters. The second kappa shape index (κ2) is 9.63. The number of halogens is 1. The van der Waals surface area contributed by atoms with E-state index in [4.69, 9.17) is 16.7 Å². The number of aliphatic hydroxyl groups excluding tert-OH is 2. The molecule has 0 bridgehead atoms. The van der Waals surface area contributed by atoms with Crippen molar-refractivity contribution in [3.05, 3.63) is 34.9 Å². The molecule has 1 saturated heterocycles. The number of likely N-dealkylation sites (tertiary alicyclic amines) is 1. The Kier molecular flexibility index (Phi) is 7.68. The molecular weight excluding hydrogens is 414 g/mol. The van der Waals surface area contributed by atoms with Crippen molar-refractivity contribution in [2.45, 2.75) is 51.4 Å². The molecule has 166 valence electrons. The Labute approximate surface area is 180 Å². The maximum Gasteiger partial charge on any atom is 0.405 e. The molecule has 1 aliphatic rings. The van der Waals surface area contributed by atoms with Crippen molar-refractivity contribution in [2.75, 3.05) is 13.2 Å². The number of β-amino-alcohol motifs (C(OH)–C–C–N with tert-alkyl or cyclic N) is 1. The van der Waals surface area contributed by atoms with Gasteiger partial charge in [0.15, 0.2) is 0 Å². The van der Waals surface area contributed by atoms with Crippen LogP contribution in [0.2, 0.25) is 5.02 Å². The topological polar surface area (TPSA) is 139 Å². The lowest BCUT2D eigenvalue weighted by atomic mass is 9.85. The van der Waals surface area contributed by atoms with E-state index < -0.39 is 47.6 Å². The molecule has 1 aromatic rings. The van der Waals surface area contributed by atoms with Gasteiger partial charge in [0.2, 0.25) is 11.8 Å². The standard InChI is InChI=1S/C20H28ClN3O6/c1-20(2,3)16(23-19(29)30)18(28)24-9-13(26)8-15(24)17(27)22-14(10-25)11-4-6-12(21)7-5-11/h4-7,13-16,23,25-26H,8-10H2,1-3H3,(H,22,27)(H,29,30)/t13-,14+,15+,16-/m1/s1. The molecule has 0 unspecified atom stereocenters. The second-order valence-corrected chi connectivity index (χ2v) is 8.88. The molecule has 10 heteroatoms. The van der Waals surface area contributed by atoms with Gasteiger partial charge in [-0.1, -0.05) is 44.5 Å². The Morgan fingerprint density at radius 1 is 1.20 bits per heavy atom. The predicted octanol–water partition coefficient (Wildman–Crippen LogP) is 1.13. The molecule has 0 aromatic heterocycles. The average molecular weight is 442 g/mol. The van der Waals surface area contributed by atoms with Crippen molar-refractivity contribution >= 4 is 29.5 Å². The van der Waals surface area contributed by atoms with Crippen LogP contribution in [0.25, 0.3) is 0 Å². The zero-order valence-corrected chi connectivity index (χ0v) is 17.9. The molecule has 0 radical (unpaired) electrons. The summed E-state index contributed by atoms with van der Waals surface area (Å²) >= 11 is 5.87. The van der Waals surface area contributed by atoms with E-state index in [1.54, 1.807) is 45.0 Å². The number of rotatable bonds is 6. The van der Waals surface area contributed by atoms with Crippen LogP contribution in [0.3, 0.4) is 0 Å². The summed E-state index contributed by atoms with van der Waals surface area (Å²) in [4.78, 5) is 38.4. The van der Waals surface area contributed by atoms with E-state index in [1.807, 2.05) is 0 Å². The van der Waals surface area contributed by atoms with Crippen molar-refractivity contribution in [3.63, 3.8) is 0 Å². The van der Waals surface area contributed by atoms with Gasteiger partial charge in [0.1, 0.15) is 12.1 Å².